The number of fused-ring (bicyclic) bond motifs is 1. The van der Waals surface area contributed by atoms with Gasteiger partial charge < -0.3 is 15.0 Å². The minimum absolute atomic E-state index is 0.0891. The number of carbonyl (C=O) groups excluding carboxylic acids is 1. The van der Waals surface area contributed by atoms with E-state index in [1.165, 1.54) is 12.1 Å². The van der Waals surface area contributed by atoms with Gasteiger partial charge in [-0.15, -0.1) is 0 Å². The summed E-state index contributed by atoms with van der Waals surface area (Å²) in [5.74, 6) is -1.81. The first-order valence-electron chi connectivity index (χ1n) is 7.67. The predicted molar refractivity (Wildman–Crippen MR) is 83.8 cm³/mol. The Labute approximate surface area is 133 Å². The Morgan fingerprint density at radius 1 is 1.35 bits per heavy atom. The number of hydrogen-bond acceptors (Lipinski definition) is 2. The van der Waals surface area contributed by atoms with E-state index >= 15 is 0 Å². The summed E-state index contributed by atoms with van der Waals surface area (Å²) in [7, 11) is 0. The molecule has 1 amide bonds. The SMILES string of the molecule is Cc1cc(F)cc2[nH]c(C(=O)N3CCC(C(=O)O)C(C)C3)cc12. The second kappa shape index (κ2) is 5.68. The van der Waals surface area contributed by atoms with Gasteiger partial charge in [0, 0.05) is 24.0 Å². The van der Waals surface area contributed by atoms with Gasteiger partial charge in [-0.3, -0.25) is 9.59 Å². The van der Waals surface area contributed by atoms with Gasteiger partial charge in [0.15, 0.2) is 0 Å². The van der Waals surface area contributed by atoms with Crippen molar-refractivity contribution in [2.45, 2.75) is 20.3 Å². The number of aryl methyl sites for hydroxylation is 1. The molecule has 0 saturated carbocycles. The highest BCUT2D eigenvalue weighted by atomic mass is 19.1. The summed E-state index contributed by atoms with van der Waals surface area (Å²) in [5.41, 5.74) is 1.78. The maximum absolute atomic E-state index is 13.5. The fraction of sp³-hybridized carbons (Fsp3) is 0.412. The number of halogens is 1. The van der Waals surface area contributed by atoms with E-state index in [-0.39, 0.29) is 17.6 Å². The molecule has 1 fully saturated rings. The van der Waals surface area contributed by atoms with Gasteiger partial charge in [-0.2, -0.15) is 0 Å². The molecule has 1 aromatic carbocycles. The minimum Gasteiger partial charge on any atom is -0.481 e. The van der Waals surface area contributed by atoms with Gasteiger partial charge in [0.1, 0.15) is 11.5 Å². The summed E-state index contributed by atoms with van der Waals surface area (Å²) in [5, 5.41) is 9.98. The van der Waals surface area contributed by atoms with Gasteiger partial charge in [0.2, 0.25) is 0 Å². The molecule has 1 aliphatic heterocycles. The number of nitrogens with one attached hydrogen (secondary N) is 1. The lowest BCUT2D eigenvalue weighted by molar-refractivity contribution is -0.145. The topological polar surface area (TPSA) is 73.4 Å². The van der Waals surface area contributed by atoms with Crippen LogP contribution in [-0.4, -0.2) is 40.0 Å². The van der Waals surface area contributed by atoms with Crippen LogP contribution in [0.4, 0.5) is 4.39 Å². The van der Waals surface area contributed by atoms with E-state index in [9.17, 15) is 14.0 Å². The Morgan fingerprint density at radius 3 is 2.74 bits per heavy atom. The van der Waals surface area contributed by atoms with Crippen LogP contribution in [0, 0.1) is 24.6 Å². The molecule has 2 unspecified atom stereocenters. The molecule has 3 rings (SSSR count). The number of aromatic nitrogens is 1. The van der Waals surface area contributed by atoms with Crippen LogP contribution in [0.3, 0.4) is 0 Å². The second-order valence-electron chi connectivity index (χ2n) is 6.33. The number of carboxylic acid groups (broad SMARTS) is 1. The number of likely N-dealkylation sites (tertiary alicyclic amines) is 1. The summed E-state index contributed by atoms with van der Waals surface area (Å²) in [6, 6.07) is 4.55. The van der Waals surface area contributed by atoms with Crippen molar-refractivity contribution in [1.82, 2.24) is 9.88 Å². The number of rotatable bonds is 2. The molecule has 2 aromatic rings. The summed E-state index contributed by atoms with van der Waals surface area (Å²) in [6.07, 6.45) is 0.454. The van der Waals surface area contributed by atoms with Crippen molar-refractivity contribution < 1.29 is 19.1 Å². The lowest BCUT2D eigenvalue weighted by Gasteiger charge is -2.34. The van der Waals surface area contributed by atoms with Gasteiger partial charge in [0.05, 0.1) is 5.92 Å². The Balaban J connectivity index is 1.84. The van der Waals surface area contributed by atoms with Gasteiger partial charge in [-0.05, 0) is 43.0 Å². The molecule has 0 spiro atoms. The third-order valence-electron chi connectivity index (χ3n) is 4.65. The predicted octanol–water partition coefficient (Wildman–Crippen LogP) is 2.80. The molecule has 1 aromatic heterocycles. The van der Waals surface area contributed by atoms with Crippen molar-refractivity contribution in [3.8, 4) is 0 Å². The zero-order valence-electron chi connectivity index (χ0n) is 13.1. The molecule has 2 heterocycles. The van der Waals surface area contributed by atoms with Crippen molar-refractivity contribution >= 4 is 22.8 Å². The summed E-state index contributed by atoms with van der Waals surface area (Å²) >= 11 is 0. The highest BCUT2D eigenvalue weighted by molar-refractivity contribution is 5.99. The first kappa shape index (κ1) is 15.5. The molecule has 122 valence electrons. The standard InChI is InChI=1S/C17H19FN2O3/c1-9-5-11(18)6-14-13(9)7-15(19-14)16(21)20-4-3-12(17(22)23)10(2)8-20/h5-7,10,12,19H,3-4,8H2,1-2H3,(H,22,23). The average Bonchev–Trinajstić information content (AvgIpc) is 2.90. The van der Waals surface area contributed by atoms with Crippen molar-refractivity contribution in [2.24, 2.45) is 11.8 Å². The van der Waals surface area contributed by atoms with Crippen molar-refractivity contribution in [2.75, 3.05) is 13.1 Å². The Morgan fingerprint density at radius 2 is 2.09 bits per heavy atom. The van der Waals surface area contributed by atoms with E-state index in [4.69, 9.17) is 5.11 Å². The molecule has 0 aliphatic carbocycles. The highest BCUT2D eigenvalue weighted by Gasteiger charge is 2.33. The minimum atomic E-state index is -0.804. The molecule has 1 saturated heterocycles. The summed E-state index contributed by atoms with van der Waals surface area (Å²) < 4.78 is 13.5. The second-order valence-corrected chi connectivity index (χ2v) is 6.33. The molecule has 23 heavy (non-hydrogen) atoms. The first-order chi connectivity index (χ1) is 10.9. The fourth-order valence-corrected chi connectivity index (χ4v) is 3.36. The average molecular weight is 318 g/mol. The summed E-state index contributed by atoms with van der Waals surface area (Å²) in [6.45, 7) is 4.48. The molecule has 6 heteroatoms. The molecule has 1 aliphatic rings. The zero-order chi connectivity index (χ0) is 16.7. The number of benzene rings is 1. The van der Waals surface area contributed by atoms with Gasteiger partial charge in [-0.1, -0.05) is 6.92 Å². The van der Waals surface area contributed by atoms with Gasteiger partial charge >= 0.3 is 5.97 Å². The van der Waals surface area contributed by atoms with E-state index < -0.39 is 11.9 Å². The highest BCUT2D eigenvalue weighted by Crippen LogP contribution is 2.26. The van der Waals surface area contributed by atoms with Crippen LogP contribution in [0.5, 0.6) is 0 Å². The molecule has 5 nitrogen and oxygen atoms in total. The third kappa shape index (κ3) is 2.81. The van der Waals surface area contributed by atoms with Crippen molar-refractivity contribution in [3.63, 3.8) is 0 Å². The largest absolute Gasteiger partial charge is 0.481 e. The smallest absolute Gasteiger partial charge is 0.306 e. The lowest BCUT2D eigenvalue weighted by atomic mass is 9.87. The van der Waals surface area contributed by atoms with Crippen LogP contribution < -0.4 is 0 Å². The normalized spacial score (nSPS) is 21.6. The molecule has 2 atom stereocenters. The van der Waals surface area contributed by atoms with Gasteiger partial charge in [0.25, 0.3) is 5.91 Å². The number of piperidine rings is 1. The van der Waals surface area contributed by atoms with E-state index in [1.807, 2.05) is 6.92 Å². The number of hydrogen-bond donors (Lipinski definition) is 2. The molecule has 2 N–H and O–H groups in total. The lowest BCUT2D eigenvalue weighted by Crippen LogP contribution is -2.45. The number of carbonyl (C=O) groups is 2. The van der Waals surface area contributed by atoms with E-state index in [0.29, 0.717) is 30.7 Å². The van der Waals surface area contributed by atoms with Crippen molar-refractivity contribution in [1.29, 1.82) is 0 Å². The van der Waals surface area contributed by atoms with E-state index in [1.54, 1.807) is 17.9 Å². The molecule has 0 radical (unpaired) electrons. The number of carboxylic acids is 1. The van der Waals surface area contributed by atoms with E-state index in [0.717, 1.165) is 10.9 Å². The third-order valence-corrected chi connectivity index (χ3v) is 4.65. The quantitative estimate of drug-likeness (QED) is 0.894. The maximum atomic E-state index is 13.5. The Kier molecular flexibility index (Phi) is 3.83. The van der Waals surface area contributed by atoms with Crippen LogP contribution in [0.1, 0.15) is 29.4 Å². The van der Waals surface area contributed by atoms with Crippen LogP contribution in [0.25, 0.3) is 10.9 Å². The Bertz CT molecular complexity index is 783. The zero-order valence-corrected chi connectivity index (χ0v) is 13.1. The molecular weight excluding hydrogens is 299 g/mol. The van der Waals surface area contributed by atoms with E-state index in [2.05, 4.69) is 4.98 Å². The number of aliphatic carboxylic acids is 1. The monoisotopic (exact) mass is 318 g/mol. The number of nitrogens with zero attached hydrogens (tertiary/aromatic N) is 1. The molecular formula is C17H19FN2O3. The van der Waals surface area contributed by atoms with Crippen LogP contribution in [-0.2, 0) is 4.79 Å². The number of aromatic amines is 1. The Hall–Kier alpha value is -2.37. The van der Waals surface area contributed by atoms with Crippen LogP contribution in [0.15, 0.2) is 18.2 Å². The van der Waals surface area contributed by atoms with Crippen molar-refractivity contribution in [3.05, 3.63) is 35.3 Å². The van der Waals surface area contributed by atoms with Crippen LogP contribution >= 0.6 is 0 Å². The summed E-state index contributed by atoms with van der Waals surface area (Å²) in [4.78, 5) is 28.4. The fourth-order valence-electron chi connectivity index (χ4n) is 3.36. The first-order valence-corrected chi connectivity index (χ1v) is 7.67. The van der Waals surface area contributed by atoms with Crippen LogP contribution in [0.2, 0.25) is 0 Å². The number of H-pyrrole nitrogens is 1. The number of amides is 1. The van der Waals surface area contributed by atoms with Gasteiger partial charge in [-0.25, -0.2) is 4.39 Å². The maximum Gasteiger partial charge on any atom is 0.306 e. The molecule has 0 bridgehead atoms.